The van der Waals surface area contributed by atoms with E-state index in [-0.39, 0.29) is 35.3 Å². The highest BCUT2D eigenvalue weighted by Gasteiger charge is 2.31. The standard InChI is InChI=1S/C26H31F3N4O2/c1-32(12-2-3-21-16-24(31-30-21)17-4-6-19(27)7-5-17)25(34)18-10-13-33(14-11-18)26(35)22-9-8-20(28)15-23(22)29/h4-9,15,18,21,24,30-31H,2-3,10-14,16H2,1H3. The van der Waals surface area contributed by atoms with Crippen molar-refractivity contribution >= 4 is 11.8 Å². The van der Waals surface area contributed by atoms with E-state index in [0.29, 0.717) is 38.5 Å². The quantitative estimate of drug-likeness (QED) is 0.622. The molecule has 0 spiro atoms. The summed E-state index contributed by atoms with van der Waals surface area (Å²) in [5.41, 5.74) is 7.44. The van der Waals surface area contributed by atoms with Gasteiger partial charge in [-0.2, -0.15) is 0 Å². The Morgan fingerprint density at radius 1 is 1.00 bits per heavy atom. The first-order chi connectivity index (χ1) is 16.8. The fraction of sp³-hybridized carbons (Fsp3) is 0.462. The molecule has 2 aromatic rings. The van der Waals surface area contributed by atoms with E-state index in [1.54, 1.807) is 24.1 Å². The zero-order valence-electron chi connectivity index (χ0n) is 19.8. The lowest BCUT2D eigenvalue weighted by Crippen LogP contribution is -2.44. The molecular weight excluding hydrogens is 457 g/mol. The number of amides is 2. The van der Waals surface area contributed by atoms with Crippen molar-refractivity contribution in [2.75, 3.05) is 26.7 Å². The monoisotopic (exact) mass is 488 g/mol. The van der Waals surface area contributed by atoms with Gasteiger partial charge in [-0.15, -0.1) is 0 Å². The number of carbonyl (C=O) groups excluding carboxylic acids is 2. The van der Waals surface area contributed by atoms with Crippen molar-refractivity contribution in [3.05, 3.63) is 71.0 Å². The zero-order valence-corrected chi connectivity index (χ0v) is 19.8. The number of nitrogens with zero attached hydrogens (tertiary/aromatic N) is 2. The molecular formula is C26H31F3N4O2. The van der Waals surface area contributed by atoms with Crippen molar-refractivity contribution in [1.29, 1.82) is 0 Å². The van der Waals surface area contributed by atoms with Crippen molar-refractivity contribution in [2.24, 2.45) is 5.92 Å². The average molecular weight is 489 g/mol. The molecule has 2 aliphatic rings. The van der Waals surface area contributed by atoms with Crippen LogP contribution in [0.3, 0.4) is 0 Å². The minimum atomic E-state index is -0.871. The molecule has 2 fully saturated rings. The number of nitrogens with one attached hydrogen (secondary N) is 2. The van der Waals surface area contributed by atoms with Gasteiger partial charge in [0.1, 0.15) is 17.5 Å². The normalized spacial score (nSPS) is 20.7. The number of hydrogen-bond donors (Lipinski definition) is 2. The van der Waals surface area contributed by atoms with Gasteiger partial charge in [-0.3, -0.25) is 20.4 Å². The van der Waals surface area contributed by atoms with Gasteiger partial charge in [0.2, 0.25) is 5.91 Å². The number of benzene rings is 2. The van der Waals surface area contributed by atoms with Crippen LogP contribution in [-0.4, -0.2) is 54.3 Å². The summed E-state index contributed by atoms with van der Waals surface area (Å²) in [6.45, 7) is 1.36. The Hall–Kier alpha value is -2.91. The summed E-state index contributed by atoms with van der Waals surface area (Å²) < 4.78 is 40.2. The number of carbonyl (C=O) groups is 2. The van der Waals surface area contributed by atoms with E-state index in [4.69, 9.17) is 0 Å². The summed E-state index contributed by atoms with van der Waals surface area (Å²) in [6, 6.07) is 9.86. The van der Waals surface area contributed by atoms with Gasteiger partial charge in [0.25, 0.3) is 5.91 Å². The van der Waals surface area contributed by atoms with Crippen LogP contribution in [0.5, 0.6) is 0 Å². The Labute approximate surface area is 203 Å². The van der Waals surface area contributed by atoms with Gasteiger partial charge in [0, 0.05) is 50.7 Å². The molecule has 4 rings (SSSR count). The molecule has 35 heavy (non-hydrogen) atoms. The number of hydrazine groups is 1. The summed E-state index contributed by atoms with van der Waals surface area (Å²) in [5, 5.41) is 0. The topological polar surface area (TPSA) is 64.7 Å². The van der Waals surface area contributed by atoms with Crippen molar-refractivity contribution < 1.29 is 22.8 Å². The molecule has 2 amide bonds. The highest BCUT2D eigenvalue weighted by molar-refractivity contribution is 5.94. The van der Waals surface area contributed by atoms with Crippen LogP contribution in [0.15, 0.2) is 42.5 Å². The molecule has 6 nitrogen and oxygen atoms in total. The lowest BCUT2D eigenvalue weighted by atomic mass is 9.94. The molecule has 9 heteroatoms. The van der Waals surface area contributed by atoms with E-state index in [9.17, 15) is 22.8 Å². The van der Waals surface area contributed by atoms with Gasteiger partial charge in [0.15, 0.2) is 0 Å². The number of hydrogen-bond acceptors (Lipinski definition) is 4. The molecule has 0 radical (unpaired) electrons. The Bertz CT molecular complexity index is 1040. The van der Waals surface area contributed by atoms with Crippen molar-refractivity contribution in [3.63, 3.8) is 0 Å². The minimum Gasteiger partial charge on any atom is -0.346 e. The number of rotatable bonds is 7. The van der Waals surface area contributed by atoms with Crippen LogP contribution in [0.2, 0.25) is 0 Å². The average Bonchev–Trinajstić information content (AvgIpc) is 3.32. The van der Waals surface area contributed by atoms with E-state index in [1.807, 2.05) is 0 Å². The van der Waals surface area contributed by atoms with Gasteiger partial charge in [-0.25, -0.2) is 13.2 Å². The number of likely N-dealkylation sites (tertiary alicyclic amines) is 1. The summed E-state index contributed by atoms with van der Waals surface area (Å²) in [5.74, 6) is -2.42. The predicted molar refractivity (Wildman–Crippen MR) is 126 cm³/mol. The van der Waals surface area contributed by atoms with Crippen LogP contribution in [0.1, 0.15) is 54.1 Å². The maximum atomic E-state index is 13.9. The van der Waals surface area contributed by atoms with Crippen LogP contribution in [-0.2, 0) is 4.79 Å². The Morgan fingerprint density at radius 2 is 1.69 bits per heavy atom. The first-order valence-electron chi connectivity index (χ1n) is 12.1. The third kappa shape index (κ3) is 6.21. The Morgan fingerprint density at radius 3 is 2.37 bits per heavy atom. The van der Waals surface area contributed by atoms with E-state index in [2.05, 4.69) is 10.9 Å². The van der Waals surface area contributed by atoms with Crippen LogP contribution < -0.4 is 10.9 Å². The predicted octanol–water partition coefficient (Wildman–Crippen LogP) is 3.80. The summed E-state index contributed by atoms with van der Waals surface area (Å²) in [4.78, 5) is 28.7. The third-order valence-corrected chi connectivity index (χ3v) is 6.97. The molecule has 0 aliphatic carbocycles. The molecule has 0 aromatic heterocycles. The SMILES string of the molecule is CN(CCCC1CC(c2ccc(F)cc2)NN1)C(=O)C1CCN(C(=O)c2ccc(F)cc2F)CC1. The van der Waals surface area contributed by atoms with Crippen molar-refractivity contribution in [1.82, 2.24) is 20.7 Å². The number of piperidine rings is 1. The Kier molecular flexibility index (Phi) is 8.07. The molecule has 0 saturated carbocycles. The van der Waals surface area contributed by atoms with Crippen LogP contribution in [0.4, 0.5) is 13.2 Å². The Balaban J connectivity index is 1.18. The summed E-state index contributed by atoms with van der Waals surface area (Å²) in [6.07, 6.45) is 3.68. The molecule has 2 N–H and O–H groups in total. The second-order valence-electron chi connectivity index (χ2n) is 9.42. The molecule has 2 unspecified atom stereocenters. The summed E-state index contributed by atoms with van der Waals surface area (Å²) in [7, 11) is 1.80. The zero-order chi connectivity index (χ0) is 24.9. The van der Waals surface area contributed by atoms with Gasteiger partial charge in [-0.1, -0.05) is 12.1 Å². The van der Waals surface area contributed by atoms with E-state index >= 15 is 0 Å². The van der Waals surface area contributed by atoms with Gasteiger partial charge < -0.3 is 9.80 Å². The maximum absolute atomic E-state index is 13.9. The van der Waals surface area contributed by atoms with Crippen LogP contribution in [0.25, 0.3) is 0 Å². The van der Waals surface area contributed by atoms with E-state index in [0.717, 1.165) is 37.0 Å². The largest absolute Gasteiger partial charge is 0.346 e. The lowest BCUT2D eigenvalue weighted by Gasteiger charge is -2.33. The van der Waals surface area contributed by atoms with Gasteiger partial charge in [-0.05, 0) is 61.9 Å². The fourth-order valence-corrected chi connectivity index (χ4v) is 4.88. The van der Waals surface area contributed by atoms with Gasteiger partial charge in [0.05, 0.1) is 5.56 Å². The smallest absolute Gasteiger partial charge is 0.256 e. The number of halogens is 3. The van der Waals surface area contributed by atoms with Crippen LogP contribution in [0, 0.1) is 23.4 Å². The summed E-state index contributed by atoms with van der Waals surface area (Å²) >= 11 is 0. The molecule has 2 saturated heterocycles. The second kappa shape index (κ2) is 11.2. The first kappa shape index (κ1) is 25.2. The highest BCUT2D eigenvalue weighted by atomic mass is 19.1. The molecule has 2 aliphatic heterocycles. The van der Waals surface area contributed by atoms with Crippen molar-refractivity contribution in [2.45, 2.75) is 44.2 Å². The molecule has 2 atom stereocenters. The first-order valence-corrected chi connectivity index (χ1v) is 12.1. The molecule has 2 heterocycles. The molecule has 2 aromatic carbocycles. The van der Waals surface area contributed by atoms with Crippen molar-refractivity contribution in [3.8, 4) is 0 Å². The lowest BCUT2D eigenvalue weighted by molar-refractivity contribution is -0.135. The minimum absolute atomic E-state index is 0.0618. The third-order valence-electron chi connectivity index (χ3n) is 6.97. The van der Waals surface area contributed by atoms with E-state index in [1.165, 1.54) is 17.0 Å². The van der Waals surface area contributed by atoms with E-state index < -0.39 is 17.5 Å². The maximum Gasteiger partial charge on any atom is 0.256 e. The second-order valence-corrected chi connectivity index (χ2v) is 9.42. The van der Waals surface area contributed by atoms with Gasteiger partial charge >= 0.3 is 0 Å². The van der Waals surface area contributed by atoms with Crippen LogP contribution >= 0.6 is 0 Å². The fourth-order valence-electron chi connectivity index (χ4n) is 4.88. The molecule has 0 bridgehead atoms. The molecule has 188 valence electrons. The highest BCUT2D eigenvalue weighted by Crippen LogP contribution is 2.25.